The number of nitrogens with zero attached hydrogens (tertiary/aromatic N) is 8. The Hall–Kier alpha value is -5.11. The second-order valence-corrected chi connectivity index (χ2v) is 9.55. The van der Waals surface area contributed by atoms with E-state index in [1.807, 2.05) is 54.7 Å². The molecule has 0 radical (unpaired) electrons. The SMILES string of the molecule is Nc1ccc2ccncc2c1.O=[N+]([O-])c1cnc(Cl)nc1Cc1ccc2ccncc2c1.O=[N+]([O-])c1cnc(Cl)nc1Cl. The Morgan fingerprint density at radius 2 is 1.23 bits per heavy atom. The van der Waals surface area contributed by atoms with E-state index in [0.717, 1.165) is 39.8 Å². The first-order chi connectivity index (χ1) is 20.6. The molecule has 2 N–H and O–H groups in total. The van der Waals surface area contributed by atoms with Crippen LogP contribution in [0.25, 0.3) is 21.5 Å². The molecule has 0 spiro atoms. The summed E-state index contributed by atoms with van der Waals surface area (Å²) in [6.07, 6.45) is 9.45. The number of halogens is 3. The Morgan fingerprint density at radius 1 is 0.674 bits per heavy atom. The minimum Gasteiger partial charge on any atom is -0.399 e. The monoisotopic (exact) mass is 637 g/mol. The summed E-state index contributed by atoms with van der Waals surface area (Å²) in [7, 11) is 0. The lowest BCUT2D eigenvalue weighted by Crippen LogP contribution is -2.01. The molecule has 2 aromatic carbocycles. The first-order valence-corrected chi connectivity index (χ1v) is 13.1. The van der Waals surface area contributed by atoms with Crippen LogP contribution >= 0.6 is 34.8 Å². The maximum absolute atomic E-state index is 11.0. The predicted octanol–water partition coefficient (Wildman–Crippen LogP) is 6.69. The van der Waals surface area contributed by atoms with Crippen LogP contribution in [-0.4, -0.2) is 39.8 Å². The summed E-state index contributed by atoms with van der Waals surface area (Å²) >= 11 is 16.4. The van der Waals surface area contributed by atoms with E-state index in [-0.39, 0.29) is 27.1 Å². The largest absolute Gasteiger partial charge is 0.399 e. The number of benzene rings is 2. The van der Waals surface area contributed by atoms with E-state index in [2.05, 4.69) is 29.9 Å². The lowest BCUT2D eigenvalue weighted by atomic mass is 10.0. The molecule has 0 fully saturated rings. The maximum Gasteiger partial charge on any atom is 0.324 e. The number of hydrogen-bond acceptors (Lipinski definition) is 11. The van der Waals surface area contributed by atoms with Crippen molar-refractivity contribution in [2.24, 2.45) is 0 Å². The average Bonchev–Trinajstić information content (AvgIpc) is 2.97. The summed E-state index contributed by atoms with van der Waals surface area (Å²) in [5, 5.41) is 25.1. The fourth-order valence-electron chi connectivity index (χ4n) is 3.67. The van der Waals surface area contributed by atoms with Crippen LogP contribution in [0, 0.1) is 20.2 Å². The van der Waals surface area contributed by atoms with E-state index in [1.165, 1.54) is 5.39 Å². The third-order valence-electron chi connectivity index (χ3n) is 5.65. The molecule has 0 aliphatic heterocycles. The highest BCUT2D eigenvalue weighted by atomic mass is 35.5. The van der Waals surface area contributed by atoms with Gasteiger partial charge in [0, 0.05) is 47.7 Å². The van der Waals surface area contributed by atoms with E-state index in [9.17, 15) is 20.2 Å². The summed E-state index contributed by atoms with van der Waals surface area (Å²) in [6.45, 7) is 0. The number of aromatic nitrogens is 6. The summed E-state index contributed by atoms with van der Waals surface area (Å²) in [5.74, 6) is 0. The van der Waals surface area contributed by atoms with Crippen molar-refractivity contribution in [3.63, 3.8) is 0 Å². The molecule has 0 saturated heterocycles. The minimum absolute atomic E-state index is 0.00180. The van der Waals surface area contributed by atoms with Crippen LogP contribution in [-0.2, 0) is 6.42 Å². The third kappa shape index (κ3) is 8.45. The maximum atomic E-state index is 11.0. The van der Waals surface area contributed by atoms with Crippen LogP contribution < -0.4 is 5.73 Å². The summed E-state index contributed by atoms with van der Waals surface area (Å²) in [4.78, 5) is 42.4. The van der Waals surface area contributed by atoms with E-state index >= 15 is 0 Å². The summed E-state index contributed by atoms with van der Waals surface area (Å²) in [6, 6.07) is 15.5. The highest BCUT2D eigenvalue weighted by molar-refractivity contribution is 6.33. The van der Waals surface area contributed by atoms with E-state index in [1.54, 1.807) is 18.6 Å². The van der Waals surface area contributed by atoms with Crippen LogP contribution in [0.1, 0.15) is 11.3 Å². The molecule has 0 aliphatic rings. The molecule has 0 atom stereocenters. The number of pyridine rings is 2. The Labute approximate surface area is 257 Å². The Kier molecular flexibility index (Phi) is 10.2. The number of rotatable bonds is 4. The molecule has 16 heteroatoms. The van der Waals surface area contributed by atoms with Crippen LogP contribution in [0.3, 0.4) is 0 Å². The highest BCUT2D eigenvalue weighted by Crippen LogP contribution is 2.23. The quantitative estimate of drug-likeness (QED) is 0.0712. The zero-order valence-corrected chi connectivity index (χ0v) is 24.0. The van der Waals surface area contributed by atoms with Crippen molar-refractivity contribution in [3.8, 4) is 0 Å². The molecule has 6 aromatic rings. The van der Waals surface area contributed by atoms with Crippen molar-refractivity contribution in [2.45, 2.75) is 6.42 Å². The van der Waals surface area contributed by atoms with Crippen molar-refractivity contribution >= 4 is 73.4 Å². The standard InChI is InChI=1S/C14H9ClN4O2.C9H8N2.C4HCl2N3O2/c15-14-17-8-13(19(20)21)12(18-14)6-9-1-2-10-3-4-16-7-11(10)5-9;10-9-2-1-7-3-4-11-6-8(7)5-9;5-3-2(9(10)11)1-7-4(6)8-3/h1-5,7-8H,6H2;1-6H,10H2;1H. The van der Waals surface area contributed by atoms with Gasteiger partial charge >= 0.3 is 11.4 Å². The van der Waals surface area contributed by atoms with Crippen LogP contribution in [0.2, 0.25) is 15.7 Å². The highest BCUT2D eigenvalue weighted by Gasteiger charge is 2.17. The van der Waals surface area contributed by atoms with Gasteiger partial charge in [-0.2, -0.15) is 4.98 Å². The molecule has 13 nitrogen and oxygen atoms in total. The van der Waals surface area contributed by atoms with Crippen molar-refractivity contribution in [2.75, 3.05) is 5.73 Å². The van der Waals surface area contributed by atoms with Gasteiger partial charge in [-0.3, -0.25) is 30.2 Å². The molecular weight excluding hydrogens is 621 g/mol. The van der Waals surface area contributed by atoms with Gasteiger partial charge < -0.3 is 5.73 Å². The number of anilines is 1. The van der Waals surface area contributed by atoms with Gasteiger partial charge in [-0.1, -0.05) is 29.8 Å². The molecule has 0 saturated carbocycles. The first kappa shape index (κ1) is 30.8. The van der Waals surface area contributed by atoms with Crippen molar-refractivity contribution in [1.82, 2.24) is 29.9 Å². The molecule has 0 aliphatic carbocycles. The van der Waals surface area contributed by atoms with Gasteiger partial charge in [-0.25, -0.2) is 15.0 Å². The van der Waals surface area contributed by atoms with Gasteiger partial charge in [-0.05, 0) is 69.9 Å². The molecule has 216 valence electrons. The van der Waals surface area contributed by atoms with Gasteiger partial charge in [0.05, 0.1) is 9.85 Å². The topological polar surface area (TPSA) is 190 Å². The second kappa shape index (κ2) is 14.2. The fraction of sp³-hybridized carbons (Fsp3) is 0.0370. The van der Waals surface area contributed by atoms with Crippen LogP contribution in [0.15, 0.2) is 85.7 Å². The number of fused-ring (bicyclic) bond motifs is 2. The number of nitro groups is 2. The van der Waals surface area contributed by atoms with E-state index in [4.69, 9.17) is 40.5 Å². The number of nitrogens with two attached hydrogens (primary N) is 1. The number of hydrogen-bond donors (Lipinski definition) is 1. The van der Waals surface area contributed by atoms with E-state index in [0.29, 0.717) is 12.1 Å². The Bertz CT molecular complexity index is 1950. The Morgan fingerprint density at radius 3 is 1.84 bits per heavy atom. The lowest BCUT2D eigenvalue weighted by Gasteiger charge is -2.04. The second-order valence-electron chi connectivity index (χ2n) is 8.52. The van der Waals surface area contributed by atoms with Crippen LogP contribution in [0.4, 0.5) is 17.1 Å². The predicted molar refractivity (Wildman–Crippen MR) is 163 cm³/mol. The normalized spacial score (nSPS) is 10.3. The molecule has 43 heavy (non-hydrogen) atoms. The molecule has 6 rings (SSSR count). The smallest absolute Gasteiger partial charge is 0.324 e. The van der Waals surface area contributed by atoms with Crippen molar-refractivity contribution < 1.29 is 9.85 Å². The molecule has 0 unspecified atom stereocenters. The minimum atomic E-state index is -0.682. The van der Waals surface area contributed by atoms with Crippen LogP contribution in [0.5, 0.6) is 0 Å². The lowest BCUT2D eigenvalue weighted by molar-refractivity contribution is -0.386. The third-order valence-corrected chi connectivity index (χ3v) is 6.29. The first-order valence-electron chi connectivity index (χ1n) is 12.0. The van der Waals surface area contributed by atoms with E-state index < -0.39 is 9.85 Å². The van der Waals surface area contributed by atoms with Gasteiger partial charge in [0.25, 0.3) is 0 Å². The number of nitrogen functional groups attached to an aromatic ring is 1. The summed E-state index contributed by atoms with van der Waals surface area (Å²) < 4.78 is 0. The Balaban J connectivity index is 0.000000162. The fourth-order valence-corrected chi connectivity index (χ4v) is 4.19. The van der Waals surface area contributed by atoms with Gasteiger partial charge in [0.1, 0.15) is 18.1 Å². The van der Waals surface area contributed by atoms with Crippen molar-refractivity contribution in [1.29, 1.82) is 0 Å². The van der Waals surface area contributed by atoms with Gasteiger partial charge in [0.2, 0.25) is 15.7 Å². The van der Waals surface area contributed by atoms with Gasteiger partial charge in [-0.15, -0.1) is 0 Å². The molecule has 4 aromatic heterocycles. The zero-order chi connectivity index (χ0) is 30.9. The molecule has 0 amide bonds. The average molecular weight is 639 g/mol. The zero-order valence-electron chi connectivity index (χ0n) is 21.7. The molecule has 4 heterocycles. The summed E-state index contributed by atoms with van der Waals surface area (Å²) in [5.41, 5.74) is 7.09. The van der Waals surface area contributed by atoms with Crippen molar-refractivity contribution in [3.05, 3.63) is 133 Å². The molecule has 0 bridgehead atoms. The molecular formula is C27H18Cl3N9O4. The van der Waals surface area contributed by atoms with Gasteiger partial charge in [0.15, 0.2) is 0 Å².